The maximum Gasteiger partial charge on any atom is 0.267 e. The first-order chi connectivity index (χ1) is 14.2. The summed E-state index contributed by atoms with van der Waals surface area (Å²) in [6.07, 6.45) is -0.481. The molecule has 1 aliphatic rings. The molecular formula is C21H22ClN3O4S. The van der Waals surface area contributed by atoms with Crippen molar-refractivity contribution in [1.82, 2.24) is 14.9 Å². The number of hydrogen-bond donors (Lipinski definition) is 1. The first kappa shape index (κ1) is 20.8. The molecule has 158 valence electrons. The number of ether oxygens (including phenoxy) is 1. The predicted octanol–water partition coefficient (Wildman–Crippen LogP) is 4.33. The fourth-order valence-corrected chi connectivity index (χ4v) is 5.11. The van der Waals surface area contributed by atoms with Crippen molar-refractivity contribution in [2.45, 2.75) is 43.7 Å². The quantitative estimate of drug-likeness (QED) is 0.579. The molecule has 3 aromatic rings. The lowest BCUT2D eigenvalue weighted by Gasteiger charge is -2.10. The van der Waals surface area contributed by atoms with E-state index >= 15 is 0 Å². The van der Waals surface area contributed by atoms with E-state index in [0.29, 0.717) is 22.5 Å². The van der Waals surface area contributed by atoms with Crippen LogP contribution in [0.2, 0.25) is 5.02 Å². The average molecular weight is 448 g/mol. The molecule has 0 spiro atoms. The van der Waals surface area contributed by atoms with E-state index in [4.69, 9.17) is 20.9 Å². The molecule has 1 aliphatic carbocycles. The van der Waals surface area contributed by atoms with Crippen LogP contribution in [0.15, 0.2) is 64.0 Å². The Morgan fingerprint density at radius 2 is 1.90 bits per heavy atom. The molecule has 1 aromatic heterocycles. The van der Waals surface area contributed by atoms with Crippen LogP contribution in [0.4, 0.5) is 0 Å². The van der Waals surface area contributed by atoms with Gasteiger partial charge in [-0.2, -0.15) is 4.98 Å². The van der Waals surface area contributed by atoms with Crippen molar-refractivity contribution in [3.05, 3.63) is 71.3 Å². The number of nitrogens with one attached hydrogen (secondary N) is 1. The van der Waals surface area contributed by atoms with E-state index in [1.54, 1.807) is 61.5 Å². The molecule has 1 fully saturated rings. The molecule has 0 bridgehead atoms. The van der Waals surface area contributed by atoms with Gasteiger partial charge in [-0.25, -0.2) is 13.1 Å². The molecule has 1 saturated carbocycles. The van der Waals surface area contributed by atoms with Crippen LogP contribution < -0.4 is 9.46 Å². The normalized spacial score (nSPS) is 21.2. The summed E-state index contributed by atoms with van der Waals surface area (Å²) in [4.78, 5) is 4.69. The van der Waals surface area contributed by atoms with E-state index in [9.17, 15) is 8.42 Å². The van der Waals surface area contributed by atoms with Crippen LogP contribution in [0, 0.1) is 5.41 Å². The Hall–Kier alpha value is -2.42. The van der Waals surface area contributed by atoms with Crippen LogP contribution in [0.1, 0.15) is 44.5 Å². The lowest BCUT2D eigenvalue weighted by atomic mass is 10.1. The highest BCUT2D eigenvalue weighted by Crippen LogP contribution is 2.58. The van der Waals surface area contributed by atoms with Crippen molar-refractivity contribution in [2.24, 2.45) is 5.41 Å². The monoisotopic (exact) mass is 447 g/mol. The van der Waals surface area contributed by atoms with Gasteiger partial charge in [-0.1, -0.05) is 54.9 Å². The van der Waals surface area contributed by atoms with Crippen LogP contribution in [0.25, 0.3) is 0 Å². The Balaban J connectivity index is 1.48. The summed E-state index contributed by atoms with van der Waals surface area (Å²) < 4.78 is 39.4. The molecule has 0 radical (unpaired) electrons. The van der Waals surface area contributed by atoms with E-state index in [-0.39, 0.29) is 22.3 Å². The zero-order valence-electron chi connectivity index (χ0n) is 16.7. The number of rotatable bonds is 7. The molecule has 30 heavy (non-hydrogen) atoms. The third kappa shape index (κ3) is 4.08. The van der Waals surface area contributed by atoms with Gasteiger partial charge in [0.2, 0.25) is 10.0 Å². The highest BCUT2D eigenvalue weighted by Gasteiger charge is 2.62. The predicted molar refractivity (Wildman–Crippen MR) is 112 cm³/mol. The minimum absolute atomic E-state index is 0.202. The van der Waals surface area contributed by atoms with Crippen molar-refractivity contribution in [3.63, 3.8) is 0 Å². The van der Waals surface area contributed by atoms with Crippen LogP contribution in [0.3, 0.4) is 0 Å². The van der Waals surface area contributed by atoms with Crippen LogP contribution in [0.5, 0.6) is 5.75 Å². The standard InChI is InChI=1S/C21H22ClN3O4S/c1-13(28-15-9-7-8-14(22)12-15)20-23-19(24-29-20)17-18(21(17,2)3)25-30(26,27)16-10-5-4-6-11-16/h4-13,17-18,25H,1-3H3/t13-,17-,18-/m0/s1. The van der Waals surface area contributed by atoms with Gasteiger partial charge in [0, 0.05) is 17.0 Å². The fourth-order valence-electron chi connectivity index (χ4n) is 3.51. The summed E-state index contributed by atoms with van der Waals surface area (Å²) >= 11 is 5.99. The van der Waals surface area contributed by atoms with Crippen molar-refractivity contribution < 1.29 is 17.7 Å². The molecule has 1 N–H and O–H groups in total. The van der Waals surface area contributed by atoms with Crippen LogP contribution in [-0.2, 0) is 10.0 Å². The van der Waals surface area contributed by atoms with Gasteiger partial charge in [-0.3, -0.25) is 0 Å². The van der Waals surface area contributed by atoms with E-state index < -0.39 is 16.1 Å². The van der Waals surface area contributed by atoms with E-state index in [1.807, 2.05) is 13.8 Å². The molecule has 0 amide bonds. The summed E-state index contributed by atoms with van der Waals surface area (Å²) in [6, 6.07) is 15.0. The lowest BCUT2D eigenvalue weighted by molar-refractivity contribution is 0.175. The van der Waals surface area contributed by atoms with Gasteiger partial charge in [0.1, 0.15) is 5.75 Å². The largest absolute Gasteiger partial charge is 0.481 e. The number of nitrogens with zero attached hydrogens (tertiary/aromatic N) is 2. The number of halogens is 1. The van der Waals surface area contributed by atoms with Gasteiger partial charge in [0.25, 0.3) is 5.89 Å². The Kier molecular flexibility index (Phi) is 5.34. The summed E-state index contributed by atoms with van der Waals surface area (Å²) in [5, 5.41) is 4.65. The number of hydrogen-bond acceptors (Lipinski definition) is 6. The highest BCUT2D eigenvalue weighted by molar-refractivity contribution is 7.89. The lowest BCUT2D eigenvalue weighted by Crippen LogP contribution is -2.29. The van der Waals surface area contributed by atoms with Gasteiger partial charge in [0.15, 0.2) is 11.9 Å². The fraction of sp³-hybridized carbons (Fsp3) is 0.333. The molecule has 2 aromatic carbocycles. The van der Waals surface area contributed by atoms with Crippen LogP contribution >= 0.6 is 11.6 Å². The van der Waals surface area contributed by atoms with Crippen molar-refractivity contribution in [1.29, 1.82) is 0 Å². The van der Waals surface area contributed by atoms with E-state index in [2.05, 4.69) is 14.9 Å². The summed E-state index contributed by atoms with van der Waals surface area (Å²) in [5.74, 6) is 1.16. The average Bonchev–Trinajstić information content (AvgIpc) is 3.04. The minimum Gasteiger partial charge on any atom is -0.481 e. The zero-order valence-corrected chi connectivity index (χ0v) is 18.3. The number of benzene rings is 2. The van der Waals surface area contributed by atoms with Gasteiger partial charge in [-0.15, -0.1) is 0 Å². The molecule has 0 unspecified atom stereocenters. The molecule has 3 atom stereocenters. The SMILES string of the molecule is C[C@H](Oc1cccc(Cl)c1)c1nc([C@@H]2[C@H](NS(=O)(=O)c3ccccc3)C2(C)C)no1. The second-order valence-corrected chi connectivity index (χ2v) is 10.1. The zero-order chi connectivity index (χ0) is 21.5. The molecule has 0 aliphatic heterocycles. The molecule has 9 heteroatoms. The molecule has 7 nitrogen and oxygen atoms in total. The van der Waals surface area contributed by atoms with Gasteiger partial charge in [0.05, 0.1) is 4.90 Å². The maximum absolute atomic E-state index is 12.7. The first-order valence-electron chi connectivity index (χ1n) is 9.51. The second-order valence-electron chi connectivity index (χ2n) is 7.92. The van der Waals surface area contributed by atoms with E-state index in [1.165, 1.54) is 0 Å². The highest BCUT2D eigenvalue weighted by atomic mass is 35.5. The van der Waals surface area contributed by atoms with Crippen molar-refractivity contribution >= 4 is 21.6 Å². The molecule has 1 heterocycles. The first-order valence-corrected chi connectivity index (χ1v) is 11.4. The minimum atomic E-state index is -3.64. The number of sulfonamides is 1. The topological polar surface area (TPSA) is 94.3 Å². The van der Waals surface area contributed by atoms with Crippen molar-refractivity contribution in [3.8, 4) is 5.75 Å². The maximum atomic E-state index is 12.7. The summed E-state index contributed by atoms with van der Waals surface area (Å²) in [5.41, 5.74) is -0.347. The van der Waals surface area contributed by atoms with Crippen molar-refractivity contribution in [2.75, 3.05) is 0 Å². The smallest absolute Gasteiger partial charge is 0.267 e. The van der Waals surface area contributed by atoms with Gasteiger partial charge >= 0.3 is 0 Å². The number of aromatic nitrogens is 2. The summed E-state index contributed by atoms with van der Waals surface area (Å²) in [6.45, 7) is 5.74. The van der Waals surface area contributed by atoms with E-state index in [0.717, 1.165) is 0 Å². The molecular weight excluding hydrogens is 426 g/mol. The second kappa shape index (κ2) is 7.68. The Morgan fingerprint density at radius 3 is 2.60 bits per heavy atom. The van der Waals surface area contributed by atoms with Gasteiger partial charge in [-0.05, 0) is 42.7 Å². The Labute approximate surface area is 180 Å². The third-order valence-corrected chi connectivity index (χ3v) is 7.05. The summed E-state index contributed by atoms with van der Waals surface area (Å²) in [7, 11) is -3.64. The Morgan fingerprint density at radius 1 is 1.17 bits per heavy atom. The molecule has 4 rings (SSSR count). The third-order valence-electron chi connectivity index (χ3n) is 5.36. The van der Waals surface area contributed by atoms with Gasteiger partial charge < -0.3 is 9.26 Å². The van der Waals surface area contributed by atoms with Crippen LogP contribution in [-0.4, -0.2) is 24.6 Å². The molecule has 0 saturated heterocycles. The Bertz CT molecular complexity index is 1150.